The number of aliphatic carboxylic acids is 2. The van der Waals surface area contributed by atoms with Gasteiger partial charge in [0, 0.05) is 26.2 Å². The molecule has 174 valence electrons. The van der Waals surface area contributed by atoms with Crippen molar-refractivity contribution in [2.75, 3.05) is 52.4 Å². The fourth-order valence-corrected chi connectivity index (χ4v) is 4.52. The average Bonchev–Trinajstić information content (AvgIpc) is 2.76. The molecule has 2 fully saturated rings. The second kappa shape index (κ2) is 10.1. The van der Waals surface area contributed by atoms with Crippen molar-refractivity contribution in [1.29, 1.82) is 0 Å². The Morgan fingerprint density at radius 3 is 1.38 bits per heavy atom. The topological polar surface area (TPSA) is 122 Å². The van der Waals surface area contributed by atoms with Crippen LogP contribution in [0, 0.1) is 0 Å². The van der Waals surface area contributed by atoms with Crippen molar-refractivity contribution in [3.05, 3.63) is 35.4 Å². The van der Waals surface area contributed by atoms with Gasteiger partial charge in [0.2, 0.25) is 11.8 Å². The Morgan fingerprint density at radius 1 is 0.750 bits per heavy atom. The highest BCUT2D eigenvalue weighted by Gasteiger charge is 2.38. The van der Waals surface area contributed by atoms with Crippen molar-refractivity contribution < 1.29 is 29.4 Å². The molecule has 2 N–H and O–H groups in total. The third kappa shape index (κ3) is 4.91. The summed E-state index contributed by atoms with van der Waals surface area (Å²) < 4.78 is 0. The van der Waals surface area contributed by atoms with Crippen LogP contribution in [0.2, 0.25) is 0 Å². The maximum atomic E-state index is 13.0. The highest BCUT2D eigenvalue weighted by Crippen LogP contribution is 2.31. The lowest BCUT2D eigenvalue weighted by Gasteiger charge is -2.41. The number of carbonyl (C=O) groups excluding carboxylic acids is 2. The normalized spacial score (nSPS) is 22.9. The summed E-state index contributed by atoms with van der Waals surface area (Å²) in [6, 6.07) is 6.08. The maximum absolute atomic E-state index is 13.0. The van der Waals surface area contributed by atoms with Gasteiger partial charge in [-0.1, -0.05) is 38.1 Å². The highest BCUT2D eigenvalue weighted by molar-refractivity contribution is 5.88. The van der Waals surface area contributed by atoms with E-state index in [1.165, 1.54) is 9.80 Å². The van der Waals surface area contributed by atoms with E-state index in [0.29, 0.717) is 39.3 Å². The van der Waals surface area contributed by atoms with Gasteiger partial charge in [-0.2, -0.15) is 0 Å². The number of hydrogen-bond donors (Lipinski definition) is 2. The summed E-state index contributed by atoms with van der Waals surface area (Å²) in [6.45, 7) is 6.45. The number of carboxylic acid groups (broad SMARTS) is 2. The van der Waals surface area contributed by atoms with Crippen LogP contribution in [0.1, 0.15) is 37.1 Å². The lowest BCUT2D eigenvalue weighted by Crippen LogP contribution is -2.53. The number of benzene rings is 1. The summed E-state index contributed by atoms with van der Waals surface area (Å²) in [5.74, 6) is -2.58. The first kappa shape index (κ1) is 23.7. The molecule has 10 heteroatoms. The Hall–Kier alpha value is -2.98. The van der Waals surface area contributed by atoms with E-state index in [1.807, 2.05) is 47.9 Å². The number of likely N-dealkylation sites (N-methyl/N-ethyl adjacent to an activating group) is 2. The van der Waals surface area contributed by atoms with Gasteiger partial charge in [-0.3, -0.25) is 29.0 Å². The predicted molar refractivity (Wildman–Crippen MR) is 115 cm³/mol. The zero-order valence-electron chi connectivity index (χ0n) is 18.4. The zero-order valence-corrected chi connectivity index (χ0v) is 18.4. The summed E-state index contributed by atoms with van der Waals surface area (Å²) in [5, 5.41) is 18.2. The Kier molecular flexibility index (Phi) is 7.47. The molecule has 2 saturated heterocycles. The van der Waals surface area contributed by atoms with Crippen LogP contribution in [0.15, 0.2) is 24.3 Å². The van der Waals surface area contributed by atoms with Gasteiger partial charge >= 0.3 is 11.9 Å². The Balaban J connectivity index is 1.86. The van der Waals surface area contributed by atoms with Gasteiger partial charge in [-0.15, -0.1) is 0 Å². The molecule has 1 aromatic carbocycles. The van der Waals surface area contributed by atoms with Crippen LogP contribution >= 0.6 is 0 Å². The minimum absolute atomic E-state index is 0.246. The fraction of sp³-hybridized carbons (Fsp3) is 0.545. The Bertz CT molecular complexity index is 803. The number of amides is 2. The van der Waals surface area contributed by atoms with Crippen LogP contribution in [0.3, 0.4) is 0 Å². The van der Waals surface area contributed by atoms with E-state index < -0.39 is 24.0 Å². The molecule has 0 radical (unpaired) electrons. The van der Waals surface area contributed by atoms with E-state index in [9.17, 15) is 19.2 Å². The monoisotopic (exact) mass is 446 g/mol. The second-order valence-corrected chi connectivity index (χ2v) is 8.04. The van der Waals surface area contributed by atoms with E-state index in [4.69, 9.17) is 10.2 Å². The number of piperazine rings is 2. The van der Waals surface area contributed by atoms with Crippen molar-refractivity contribution in [2.45, 2.75) is 25.9 Å². The lowest BCUT2D eigenvalue weighted by atomic mass is 9.96. The summed E-state index contributed by atoms with van der Waals surface area (Å²) in [4.78, 5) is 55.0. The molecular weight excluding hydrogens is 416 g/mol. The number of hydrogen-bond acceptors (Lipinski definition) is 6. The molecule has 2 amide bonds. The predicted octanol–water partition coefficient (Wildman–Crippen LogP) is 0.266. The second-order valence-electron chi connectivity index (χ2n) is 8.04. The number of carboxylic acids is 2. The quantitative estimate of drug-likeness (QED) is 0.584. The number of carbonyl (C=O) groups is 4. The van der Waals surface area contributed by atoms with Gasteiger partial charge in [0.15, 0.2) is 0 Å². The minimum Gasteiger partial charge on any atom is -0.480 e. The van der Waals surface area contributed by atoms with Crippen LogP contribution in [0.25, 0.3) is 0 Å². The van der Waals surface area contributed by atoms with Gasteiger partial charge in [0.05, 0.1) is 0 Å². The average molecular weight is 447 g/mol. The molecule has 1 aromatic rings. The van der Waals surface area contributed by atoms with E-state index in [2.05, 4.69) is 0 Å². The first-order chi connectivity index (χ1) is 15.3. The van der Waals surface area contributed by atoms with Crippen molar-refractivity contribution in [1.82, 2.24) is 19.6 Å². The summed E-state index contributed by atoms with van der Waals surface area (Å²) >= 11 is 0. The third-order valence-corrected chi connectivity index (χ3v) is 6.17. The molecule has 3 rings (SSSR count). The van der Waals surface area contributed by atoms with Crippen molar-refractivity contribution in [3.63, 3.8) is 0 Å². The molecule has 0 aliphatic carbocycles. The van der Waals surface area contributed by atoms with Gasteiger partial charge in [-0.25, -0.2) is 0 Å². The van der Waals surface area contributed by atoms with Crippen LogP contribution < -0.4 is 0 Å². The standard InChI is InChI=1S/C22H30N4O6/c1-3-23-9-11-25(13-17(27)28)21(31)19(23)15-5-7-16(8-6-15)20-22(32)26(14-18(29)30)12-10-24(20)4-2/h5-8,19-20H,3-4,9-14H2,1-2H3,(H,27,28)(H,29,30). The van der Waals surface area contributed by atoms with Gasteiger partial charge in [0.25, 0.3) is 0 Å². The molecule has 0 saturated carbocycles. The van der Waals surface area contributed by atoms with Crippen LogP contribution in [-0.4, -0.2) is 106 Å². The van der Waals surface area contributed by atoms with Crippen LogP contribution in [0.5, 0.6) is 0 Å². The van der Waals surface area contributed by atoms with Crippen molar-refractivity contribution in [3.8, 4) is 0 Å². The van der Waals surface area contributed by atoms with Crippen molar-refractivity contribution >= 4 is 23.8 Å². The zero-order chi connectivity index (χ0) is 23.4. The van der Waals surface area contributed by atoms with E-state index >= 15 is 0 Å². The molecule has 2 aliphatic heterocycles. The molecule has 2 heterocycles. The molecule has 0 spiro atoms. The Morgan fingerprint density at radius 2 is 1.09 bits per heavy atom. The Labute approximate surface area is 187 Å². The van der Waals surface area contributed by atoms with E-state index in [1.54, 1.807) is 0 Å². The molecule has 32 heavy (non-hydrogen) atoms. The van der Waals surface area contributed by atoms with E-state index in [-0.39, 0.29) is 24.9 Å². The molecular formula is C22H30N4O6. The molecule has 2 aliphatic rings. The third-order valence-electron chi connectivity index (χ3n) is 6.17. The number of rotatable bonds is 8. The summed E-state index contributed by atoms with van der Waals surface area (Å²) in [6.07, 6.45) is 0. The summed E-state index contributed by atoms with van der Waals surface area (Å²) in [7, 11) is 0. The van der Waals surface area contributed by atoms with Crippen LogP contribution in [-0.2, 0) is 19.2 Å². The highest BCUT2D eigenvalue weighted by atomic mass is 16.4. The largest absolute Gasteiger partial charge is 0.480 e. The van der Waals surface area contributed by atoms with Crippen molar-refractivity contribution in [2.24, 2.45) is 0 Å². The van der Waals surface area contributed by atoms with Gasteiger partial charge in [0.1, 0.15) is 25.2 Å². The summed E-state index contributed by atoms with van der Waals surface area (Å²) in [5.41, 5.74) is 1.48. The van der Waals surface area contributed by atoms with E-state index in [0.717, 1.165) is 11.1 Å². The molecule has 0 aromatic heterocycles. The maximum Gasteiger partial charge on any atom is 0.323 e. The van der Waals surface area contributed by atoms with Gasteiger partial charge < -0.3 is 20.0 Å². The minimum atomic E-state index is -1.04. The molecule has 0 bridgehead atoms. The first-order valence-corrected chi connectivity index (χ1v) is 10.9. The lowest BCUT2D eigenvalue weighted by molar-refractivity contribution is -0.150. The first-order valence-electron chi connectivity index (χ1n) is 10.9. The molecule has 10 nitrogen and oxygen atoms in total. The SMILES string of the molecule is CCN1CCN(CC(=O)O)C(=O)C1c1ccc(C2C(=O)N(CC(=O)O)CCN2CC)cc1. The molecule has 2 unspecified atom stereocenters. The van der Waals surface area contributed by atoms with Gasteiger partial charge in [-0.05, 0) is 24.2 Å². The number of nitrogens with zero attached hydrogens (tertiary/aromatic N) is 4. The molecule has 2 atom stereocenters. The van der Waals surface area contributed by atoms with Crippen LogP contribution in [0.4, 0.5) is 0 Å². The fourth-order valence-electron chi connectivity index (χ4n) is 4.52. The smallest absolute Gasteiger partial charge is 0.323 e.